The monoisotopic (exact) mass is 429 g/mol. The van der Waals surface area contributed by atoms with Crippen molar-refractivity contribution in [1.82, 2.24) is 19.9 Å². The number of halogens is 3. The maximum Gasteiger partial charge on any atom is 0.236 e. The topological polar surface area (TPSA) is 88.4 Å². The molecule has 3 heterocycles. The molecule has 4 rings (SSSR count). The molecule has 1 aromatic heterocycles. The highest BCUT2D eigenvalue weighted by Gasteiger charge is 2.37. The van der Waals surface area contributed by atoms with E-state index in [1.807, 2.05) is 0 Å². The summed E-state index contributed by atoms with van der Waals surface area (Å²) < 4.78 is 67.2. The molecule has 1 unspecified atom stereocenters. The lowest BCUT2D eigenvalue weighted by atomic mass is 10.1. The summed E-state index contributed by atoms with van der Waals surface area (Å²) in [5, 5.41) is 8.01. The Labute approximate surface area is 164 Å². The molecule has 1 saturated heterocycles. The van der Waals surface area contributed by atoms with Gasteiger partial charge >= 0.3 is 0 Å². The summed E-state index contributed by atoms with van der Waals surface area (Å²) in [5.41, 5.74) is 0.497. The number of carbonyl (C=O) groups is 1. The number of hydrogen-bond acceptors (Lipinski definition) is 5. The van der Waals surface area contributed by atoms with E-state index in [4.69, 9.17) is 0 Å². The van der Waals surface area contributed by atoms with Crippen LogP contribution in [0.15, 0.2) is 12.1 Å². The SMILES string of the molecule is CC1Cn2nnc(N3CCCS3(=O)=O)c2CN1C(=O)Cc1cc(F)c(F)c(F)c1. The number of amides is 1. The van der Waals surface area contributed by atoms with Crippen LogP contribution in [0.1, 0.15) is 24.6 Å². The summed E-state index contributed by atoms with van der Waals surface area (Å²) in [6, 6.07) is 1.28. The smallest absolute Gasteiger partial charge is 0.236 e. The van der Waals surface area contributed by atoms with Gasteiger partial charge in [0.25, 0.3) is 0 Å². The van der Waals surface area contributed by atoms with Crippen molar-refractivity contribution in [1.29, 1.82) is 0 Å². The minimum atomic E-state index is -3.46. The van der Waals surface area contributed by atoms with Crippen molar-refractivity contribution in [3.8, 4) is 0 Å². The van der Waals surface area contributed by atoms with Crippen molar-refractivity contribution in [2.24, 2.45) is 0 Å². The molecule has 0 saturated carbocycles. The highest BCUT2D eigenvalue weighted by atomic mass is 32.2. The normalized spacial score (nSPS) is 20.8. The summed E-state index contributed by atoms with van der Waals surface area (Å²) in [4.78, 5) is 14.3. The quantitative estimate of drug-likeness (QED) is 0.685. The number of aromatic nitrogens is 3. The molecule has 8 nitrogen and oxygen atoms in total. The fourth-order valence-corrected chi connectivity index (χ4v) is 5.21. The van der Waals surface area contributed by atoms with Crippen LogP contribution in [0.2, 0.25) is 0 Å². The lowest BCUT2D eigenvalue weighted by molar-refractivity contribution is -0.134. The van der Waals surface area contributed by atoms with Crippen molar-refractivity contribution in [3.05, 3.63) is 40.8 Å². The van der Waals surface area contributed by atoms with E-state index in [0.717, 1.165) is 12.1 Å². The molecule has 1 amide bonds. The Morgan fingerprint density at radius 3 is 2.55 bits per heavy atom. The number of nitrogens with zero attached hydrogens (tertiary/aromatic N) is 5. The zero-order valence-corrected chi connectivity index (χ0v) is 16.3. The van der Waals surface area contributed by atoms with E-state index < -0.39 is 33.4 Å². The van der Waals surface area contributed by atoms with Crippen LogP contribution in [0, 0.1) is 17.5 Å². The van der Waals surface area contributed by atoms with E-state index in [9.17, 15) is 26.4 Å². The second-order valence-electron chi connectivity index (χ2n) is 7.20. The molecule has 2 aliphatic rings. The Balaban J connectivity index is 1.58. The average molecular weight is 429 g/mol. The molecule has 1 atom stereocenters. The van der Waals surface area contributed by atoms with E-state index in [1.165, 1.54) is 9.21 Å². The summed E-state index contributed by atoms with van der Waals surface area (Å²) in [5.74, 6) is -4.50. The lowest BCUT2D eigenvalue weighted by Gasteiger charge is -2.34. The first kappa shape index (κ1) is 19.7. The number of carbonyl (C=O) groups excluding carboxylic acids is 1. The fraction of sp³-hybridized carbons (Fsp3) is 0.471. The van der Waals surface area contributed by atoms with Gasteiger partial charge in [-0.3, -0.25) is 9.10 Å². The third kappa shape index (κ3) is 3.45. The van der Waals surface area contributed by atoms with Crippen LogP contribution in [0.5, 0.6) is 0 Å². The van der Waals surface area contributed by atoms with E-state index in [-0.39, 0.29) is 36.1 Å². The zero-order valence-electron chi connectivity index (χ0n) is 15.5. The van der Waals surface area contributed by atoms with Gasteiger partial charge in [0.15, 0.2) is 23.3 Å². The largest absolute Gasteiger partial charge is 0.332 e. The summed E-state index contributed by atoms with van der Waals surface area (Å²) >= 11 is 0. The molecule has 0 spiro atoms. The van der Waals surface area contributed by atoms with Crippen LogP contribution in [-0.2, 0) is 34.3 Å². The molecule has 0 radical (unpaired) electrons. The number of sulfonamides is 1. The van der Waals surface area contributed by atoms with Crippen LogP contribution < -0.4 is 4.31 Å². The molecule has 0 aliphatic carbocycles. The van der Waals surface area contributed by atoms with E-state index in [1.54, 1.807) is 11.6 Å². The van der Waals surface area contributed by atoms with Crippen LogP contribution in [0.25, 0.3) is 0 Å². The first-order valence-electron chi connectivity index (χ1n) is 9.03. The third-order valence-electron chi connectivity index (χ3n) is 5.16. The average Bonchev–Trinajstić information content (AvgIpc) is 3.20. The molecule has 12 heteroatoms. The van der Waals surface area contributed by atoms with Crippen LogP contribution in [0.3, 0.4) is 0 Å². The van der Waals surface area contributed by atoms with Crippen LogP contribution >= 0.6 is 0 Å². The Morgan fingerprint density at radius 2 is 1.93 bits per heavy atom. The zero-order chi connectivity index (χ0) is 20.9. The summed E-state index contributed by atoms with van der Waals surface area (Å²) in [7, 11) is -3.46. The Morgan fingerprint density at radius 1 is 1.24 bits per heavy atom. The Kier molecular flexibility index (Phi) is 4.75. The van der Waals surface area contributed by atoms with Crippen molar-refractivity contribution in [2.45, 2.75) is 38.9 Å². The molecule has 1 fully saturated rings. The van der Waals surface area contributed by atoms with Gasteiger partial charge in [0.2, 0.25) is 15.9 Å². The minimum Gasteiger partial charge on any atom is -0.332 e. The maximum absolute atomic E-state index is 13.4. The van der Waals surface area contributed by atoms with Crippen LogP contribution in [0.4, 0.5) is 19.0 Å². The van der Waals surface area contributed by atoms with E-state index >= 15 is 0 Å². The fourth-order valence-electron chi connectivity index (χ4n) is 3.68. The standard InChI is InChI=1S/C17H18F3N5O3S/c1-10-8-24-14(17(21-22-24)25-3-2-4-29(25,27)28)9-23(10)15(26)7-11-5-12(18)16(20)13(19)6-11/h5-6,10H,2-4,7-9H2,1H3. The predicted molar refractivity (Wildman–Crippen MR) is 95.8 cm³/mol. The highest BCUT2D eigenvalue weighted by Crippen LogP contribution is 2.29. The molecule has 2 aliphatic heterocycles. The maximum atomic E-state index is 13.4. The van der Waals surface area contributed by atoms with E-state index in [2.05, 4.69) is 10.3 Å². The Hall–Kier alpha value is -2.63. The highest BCUT2D eigenvalue weighted by molar-refractivity contribution is 7.93. The summed E-state index contributed by atoms with van der Waals surface area (Å²) in [6.07, 6.45) is 0.159. The number of anilines is 1. The van der Waals surface area contributed by atoms with Gasteiger partial charge in [-0.05, 0) is 31.0 Å². The van der Waals surface area contributed by atoms with Crippen molar-refractivity contribution < 1.29 is 26.4 Å². The van der Waals surface area contributed by atoms with Gasteiger partial charge in [-0.15, -0.1) is 5.10 Å². The van der Waals surface area contributed by atoms with Crippen molar-refractivity contribution in [3.63, 3.8) is 0 Å². The second kappa shape index (κ2) is 7.01. The number of benzene rings is 1. The molecule has 2 aromatic rings. The lowest BCUT2D eigenvalue weighted by Crippen LogP contribution is -2.46. The van der Waals surface area contributed by atoms with Crippen molar-refractivity contribution in [2.75, 3.05) is 16.6 Å². The van der Waals surface area contributed by atoms with Gasteiger partial charge in [-0.2, -0.15) is 0 Å². The first-order valence-corrected chi connectivity index (χ1v) is 10.6. The Bertz CT molecular complexity index is 1060. The number of rotatable bonds is 3. The van der Waals surface area contributed by atoms with Gasteiger partial charge in [0.05, 0.1) is 25.3 Å². The third-order valence-corrected chi connectivity index (χ3v) is 6.99. The van der Waals surface area contributed by atoms with Crippen LogP contribution in [-0.4, -0.2) is 52.6 Å². The molecule has 156 valence electrons. The minimum absolute atomic E-state index is 0.0122. The number of hydrogen-bond donors (Lipinski definition) is 0. The number of fused-ring (bicyclic) bond motifs is 1. The van der Waals surface area contributed by atoms with Gasteiger partial charge in [0.1, 0.15) is 5.69 Å². The van der Waals surface area contributed by atoms with E-state index in [0.29, 0.717) is 25.2 Å². The molecule has 0 bridgehead atoms. The summed E-state index contributed by atoms with van der Waals surface area (Å²) in [6.45, 7) is 2.43. The molecule has 29 heavy (non-hydrogen) atoms. The van der Waals surface area contributed by atoms with Crippen molar-refractivity contribution >= 4 is 21.7 Å². The molecule has 1 aromatic carbocycles. The predicted octanol–water partition coefficient (Wildman–Crippen LogP) is 1.21. The second-order valence-corrected chi connectivity index (χ2v) is 9.22. The molecule has 0 N–H and O–H groups in total. The van der Waals surface area contributed by atoms with Gasteiger partial charge in [-0.25, -0.2) is 26.3 Å². The molecular formula is C17H18F3N5O3S. The van der Waals surface area contributed by atoms with Gasteiger partial charge in [-0.1, -0.05) is 5.21 Å². The van der Waals surface area contributed by atoms with Gasteiger partial charge < -0.3 is 4.90 Å². The first-order chi connectivity index (χ1) is 13.7. The molecular weight excluding hydrogens is 411 g/mol. The van der Waals surface area contributed by atoms with Gasteiger partial charge in [0, 0.05) is 12.6 Å².